The Bertz CT molecular complexity index is 889. The lowest BCUT2D eigenvalue weighted by Gasteiger charge is -2.13. The summed E-state index contributed by atoms with van der Waals surface area (Å²) in [5.41, 5.74) is -2.25. The lowest BCUT2D eigenvalue weighted by molar-refractivity contribution is 0.0655. The summed E-state index contributed by atoms with van der Waals surface area (Å²) in [4.78, 5) is 23.3. The monoisotopic (exact) mass is 468 g/mol. The minimum absolute atomic E-state index is 0.0219. The average Bonchev–Trinajstić information content (AvgIpc) is 2.51. The Hall–Kier alpha value is -2.17. The highest BCUT2D eigenvalue weighted by atomic mass is 127. The number of carbonyl (C=O) groups is 2. The number of carbonyl (C=O) groups excluding carboxylic acids is 1. The van der Waals surface area contributed by atoms with E-state index in [2.05, 4.69) is 0 Å². The molecule has 9 heteroatoms. The lowest BCUT2D eigenvalue weighted by Crippen LogP contribution is -2.21. The molecule has 0 unspecified atom stereocenters. The molecular formula is C16H9F4IO4. The number of hydrogen-bond donors (Lipinski definition) is 1. The molecule has 2 aromatic rings. The minimum atomic E-state index is -2.33. The molecule has 0 aliphatic heterocycles. The highest BCUT2D eigenvalue weighted by Crippen LogP contribution is 2.29. The van der Waals surface area contributed by atoms with Crippen LogP contribution in [-0.2, 0) is 0 Å². The quantitative estimate of drug-likeness (QED) is 0.182. The number of benzene rings is 2. The Morgan fingerprint density at radius 2 is 1.36 bits per heavy atom. The highest BCUT2D eigenvalue weighted by Gasteiger charge is 2.34. The third-order valence-electron chi connectivity index (χ3n) is 3.30. The van der Waals surface area contributed by atoms with Crippen molar-refractivity contribution in [3.63, 3.8) is 0 Å². The molecule has 0 amide bonds. The van der Waals surface area contributed by atoms with Gasteiger partial charge in [-0.3, -0.25) is 0 Å². The van der Waals surface area contributed by atoms with Gasteiger partial charge in [-0.1, -0.05) is 0 Å². The van der Waals surface area contributed by atoms with Gasteiger partial charge in [-0.2, -0.15) is 0 Å². The van der Waals surface area contributed by atoms with Crippen LogP contribution in [0.4, 0.5) is 17.6 Å². The van der Waals surface area contributed by atoms with E-state index in [0.29, 0.717) is 11.1 Å². The number of carboxylic acids is 1. The Kier molecular flexibility index (Phi) is 5.35. The molecule has 0 atom stereocenters. The molecule has 0 spiro atoms. The van der Waals surface area contributed by atoms with E-state index in [1.165, 1.54) is 0 Å². The van der Waals surface area contributed by atoms with Gasteiger partial charge in [0.15, 0.2) is 23.3 Å². The summed E-state index contributed by atoms with van der Waals surface area (Å²) in [7, 11) is 0. The van der Waals surface area contributed by atoms with Gasteiger partial charge in [0.1, 0.15) is 16.9 Å². The summed E-state index contributed by atoms with van der Waals surface area (Å²) in [6, 6.07) is 3.24. The van der Waals surface area contributed by atoms with E-state index in [9.17, 15) is 27.2 Å². The summed E-state index contributed by atoms with van der Waals surface area (Å²) < 4.78 is 60.0. The topological polar surface area (TPSA) is 63.6 Å². The van der Waals surface area contributed by atoms with Crippen molar-refractivity contribution in [2.75, 3.05) is 0 Å². The van der Waals surface area contributed by atoms with Crippen molar-refractivity contribution in [1.82, 2.24) is 0 Å². The summed E-state index contributed by atoms with van der Waals surface area (Å²) in [6.45, 7) is 3.14. The fraction of sp³-hybridized carbons (Fsp3) is 0.125. The van der Waals surface area contributed by atoms with Crippen LogP contribution in [0.1, 0.15) is 31.8 Å². The van der Waals surface area contributed by atoms with E-state index in [1.807, 2.05) is 22.6 Å². The average molecular weight is 468 g/mol. The van der Waals surface area contributed by atoms with Gasteiger partial charge in [-0.15, -0.1) is 0 Å². The number of rotatable bonds is 3. The van der Waals surface area contributed by atoms with Crippen molar-refractivity contribution < 1.29 is 37.0 Å². The number of hydrogen-bond acceptors (Lipinski definition) is 3. The summed E-state index contributed by atoms with van der Waals surface area (Å²) in [5.74, 6) is -12.8. The second-order valence-electron chi connectivity index (χ2n) is 5.07. The first-order valence-electron chi connectivity index (χ1n) is 6.64. The zero-order chi connectivity index (χ0) is 19.0. The largest absolute Gasteiger partial charge is 0.478 e. The summed E-state index contributed by atoms with van der Waals surface area (Å²) >= 11 is 2.01. The van der Waals surface area contributed by atoms with Crippen molar-refractivity contribution in [3.05, 3.63) is 61.2 Å². The minimum Gasteiger partial charge on any atom is -0.478 e. The third kappa shape index (κ3) is 3.46. The van der Waals surface area contributed by atoms with E-state index in [4.69, 9.17) is 9.84 Å². The Morgan fingerprint density at radius 1 is 0.920 bits per heavy atom. The van der Waals surface area contributed by atoms with Crippen LogP contribution in [0.15, 0.2) is 12.1 Å². The van der Waals surface area contributed by atoms with Crippen LogP contribution in [0.25, 0.3) is 0 Å². The molecule has 0 saturated carbocycles. The van der Waals surface area contributed by atoms with Crippen molar-refractivity contribution >= 4 is 34.5 Å². The molecule has 0 heterocycles. The fourth-order valence-electron chi connectivity index (χ4n) is 2.23. The molecule has 0 fully saturated rings. The van der Waals surface area contributed by atoms with E-state index in [0.717, 1.165) is 3.57 Å². The van der Waals surface area contributed by atoms with Gasteiger partial charge in [-0.05, 0) is 59.7 Å². The molecule has 25 heavy (non-hydrogen) atoms. The maximum Gasteiger partial charge on any atom is 0.347 e. The van der Waals surface area contributed by atoms with Gasteiger partial charge < -0.3 is 9.84 Å². The predicted molar refractivity (Wildman–Crippen MR) is 86.8 cm³/mol. The first-order valence-corrected chi connectivity index (χ1v) is 7.72. The first kappa shape index (κ1) is 19.2. The SMILES string of the molecule is Cc1cc(I)cc(C)c1OC(=O)c1c(F)c(F)c(F)c(F)c1C(=O)O. The molecule has 0 aliphatic carbocycles. The fourth-order valence-corrected chi connectivity index (χ4v) is 3.16. The van der Waals surface area contributed by atoms with Crippen LogP contribution in [-0.4, -0.2) is 17.0 Å². The maximum atomic E-state index is 13.9. The number of aromatic carboxylic acids is 1. The lowest BCUT2D eigenvalue weighted by atomic mass is 10.0. The molecule has 0 bridgehead atoms. The summed E-state index contributed by atoms with van der Waals surface area (Å²) in [5, 5.41) is 8.94. The number of esters is 1. The molecule has 132 valence electrons. The van der Waals surface area contributed by atoms with Crippen LogP contribution in [0, 0.1) is 40.7 Å². The van der Waals surface area contributed by atoms with E-state index in [-0.39, 0.29) is 5.75 Å². The van der Waals surface area contributed by atoms with Crippen LogP contribution in [0.2, 0.25) is 0 Å². The molecule has 0 saturated heterocycles. The number of aryl methyl sites for hydroxylation is 2. The smallest absolute Gasteiger partial charge is 0.347 e. The molecule has 1 N–H and O–H groups in total. The number of carboxylic acid groups (broad SMARTS) is 1. The van der Waals surface area contributed by atoms with Gasteiger partial charge in [0.05, 0.1) is 0 Å². The van der Waals surface area contributed by atoms with Gasteiger partial charge in [0.25, 0.3) is 0 Å². The first-order chi connectivity index (χ1) is 11.6. The van der Waals surface area contributed by atoms with Gasteiger partial charge in [0.2, 0.25) is 0 Å². The molecule has 2 aromatic carbocycles. The second kappa shape index (κ2) is 6.98. The molecular weight excluding hydrogens is 459 g/mol. The van der Waals surface area contributed by atoms with Gasteiger partial charge in [0, 0.05) is 3.57 Å². The van der Waals surface area contributed by atoms with Crippen LogP contribution in [0.5, 0.6) is 5.75 Å². The number of halogens is 5. The molecule has 4 nitrogen and oxygen atoms in total. The van der Waals surface area contributed by atoms with Crippen molar-refractivity contribution in [3.8, 4) is 5.75 Å². The Balaban J connectivity index is 2.63. The normalized spacial score (nSPS) is 10.7. The predicted octanol–water partition coefficient (Wildman–Crippen LogP) is 4.38. The maximum absolute atomic E-state index is 13.9. The van der Waals surface area contributed by atoms with Crippen LogP contribution in [0.3, 0.4) is 0 Å². The second-order valence-corrected chi connectivity index (χ2v) is 6.31. The molecule has 0 radical (unpaired) electrons. The van der Waals surface area contributed by atoms with E-state index >= 15 is 0 Å². The standard InChI is InChI=1S/C16H9F4IO4/c1-5-3-7(21)4-6(2)14(5)25-16(24)9-8(15(22)23)10(17)12(19)13(20)11(9)18/h3-4H,1-2H3,(H,22,23). The molecule has 0 aliphatic rings. The zero-order valence-electron chi connectivity index (χ0n) is 12.7. The van der Waals surface area contributed by atoms with E-state index in [1.54, 1.807) is 26.0 Å². The zero-order valence-corrected chi connectivity index (χ0v) is 14.9. The molecule has 0 aromatic heterocycles. The van der Waals surface area contributed by atoms with Gasteiger partial charge >= 0.3 is 11.9 Å². The highest BCUT2D eigenvalue weighted by molar-refractivity contribution is 14.1. The number of ether oxygens (including phenoxy) is 1. The Labute approximate surface area is 152 Å². The van der Waals surface area contributed by atoms with Crippen LogP contribution >= 0.6 is 22.6 Å². The van der Waals surface area contributed by atoms with Crippen LogP contribution < -0.4 is 4.74 Å². The Morgan fingerprint density at radius 3 is 1.80 bits per heavy atom. The van der Waals surface area contributed by atoms with Gasteiger partial charge in [-0.25, -0.2) is 27.2 Å². The van der Waals surface area contributed by atoms with Crippen molar-refractivity contribution in [2.24, 2.45) is 0 Å². The molecule has 2 rings (SSSR count). The van der Waals surface area contributed by atoms with Crippen molar-refractivity contribution in [1.29, 1.82) is 0 Å². The van der Waals surface area contributed by atoms with E-state index < -0.39 is 46.3 Å². The summed E-state index contributed by atoms with van der Waals surface area (Å²) in [6.07, 6.45) is 0. The third-order valence-corrected chi connectivity index (χ3v) is 3.93. The van der Waals surface area contributed by atoms with Crippen molar-refractivity contribution in [2.45, 2.75) is 13.8 Å².